The van der Waals surface area contributed by atoms with Gasteiger partial charge in [0.15, 0.2) is 5.76 Å². The van der Waals surface area contributed by atoms with Crippen LogP contribution in [0.5, 0.6) is 0 Å². The van der Waals surface area contributed by atoms with Crippen LogP contribution in [0.15, 0.2) is 22.8 Å². The third kappa shape index (κ3) is 2.08. The van der Waals surface area contributed by atoms with Crippen molar-refractivity contribution in [2.45, 2.75) is 37.6 Å². The summed E-state index contributed by atoms with van der Waals surface area (Å²) in [7, 11) is 0. The van der Waals surface area contributed by atoms with Gasteiger partial charge in [-0.05, 0) is 25.0 Å². The molecule has 1 aromatic rings. The minimum atomic E-state index is -0.692. The Bertz CT molecular complexity index is 397. The zero-order chi connectivity index (χ0) is 11.4. The van der Waals surface area contributed by atoms with Gasteiger partial charge in [-0.1, -0.05) is 19.3 Å². The number of hydrogen-bond donors (Lipinski definition) is 1. The highest BCUT2D eigenvalue weighted by atomic mass is 16.3. The van der Waals surface area contributed by atoms with E-state index >= 15 is 0 Å². The van der Waals surface area contributed by atoms with Crippen molar-refractivity contribution in [1.29, 1.82) is 5.26 Å². The second kappa shape index (κ2) is 4.40. The van der Waals surface area contributed by atoms with Crippen LogP contribution in [-0.2, 0) is 0 Å². The van der Waals surface area contributed by atoms with Crippen LogP contribution < -0.4 is 5.32 Å². The molecule has 0 saturated heterocycles. The summed E-state index contributed by atoms with van der Waals surface area (Å²) < 4.78 is 5.00. The molecular formula is C12H14N2O2. The average Bonchev–Trinajstić information content (AvgIpc) is 2.84. The Morgan fingerprint density at radius 3 is 2.75 bits per heavy atom. The number of amides is 1. The molecule has 0 aromatic carbocycles. The Morgan fingerprint density at radius 2 is 2.19 bits per heavy atom. The molecular weight excluding hydrogens is 204 g/mol. The highest BCUT2D eigenvalue weighted by molar-refractivity contribution is 5.92. The van der Waals surface area contributed by atoms with Crippen LogP contribution in [0.4, 0.5) is 0 Å². The largest absolute Gasteiger partial charge is 0.459 e. The van der Waals surface area contributed by atoms with E-state index in [9.17, 15) is 10.1 Å². The Balaban J connectivity index is 2.07. The average molecular weight is 218 g/mol. The van der Waals surface area contributed by atoms with Crippen molar-refractivity contribution in [2.24, 2.45) is 0 Å². The second-order valence-corrected chi connectivity index (χ2v) is 4.19. The summed E-state index contributed by atoms with van der Waals surface area (Å²) in [5.74, 6) is -0.0337. The number of nitrogens with one attached hydrogen (secondary N) is 1. The summed E-state index contributed by atoms with van der Waals surface area (Å²) in [4.78, 5) is 11.8. The third-order valence-electron chi connectivity index (χ3n) is 3.02. The maximum Gasteiger partial charge on any atom is 0.288 e. The normalized spacial score (nSPS) is 18.7. The molecule has 0 atom stereocenters. The standard InChI is InChI=1S/C12H14N2O2/c13-9-12(6-2-1-3-7-12)14-11(15)10-5-4-8-16-10/h4-5,8H,1-3,6-7H2,(H,14,15). The summed E-state index contributed by atoms with van der Waals surface area (Å²) in [6, 6.07) is 5.50. The lowest BCUT2D eigenvalue weighted by molar-refractivity contribution is 0.0874. The molecule has 0 radical (unpaired) electrons. The van der Waals surface area contributed by atoms with E-state index in [1.54, 1.807) is 12.1 Å². The topological polar surface area (TPSA) is 66.0 Å². The fourth-order valence-corrected chi connectivity index (χ4v) is 2.11. The molecule has 0 spiro atoms. The van der Waals surface area contributed by atoms with Crippen molar-refractivity contribution in [3.05, 3.63) is 24.2 Å². The van der Waals surface area contributed by atoms with E-state index in [-0.39, 0.29) is 11.7 Å². The highest BCUT2D eigenvalue weighted by Gasteiger charge is 2.34. The number of nitrogens with zero attached hydrogens (tertiary/aromatic N) is 1. The third-order valence-corrected chi connectivity index (χ3v) is 3.02. The maximum atomic E-state index is 11.8. The molecule has 1 amide bonds. The number of rotatable bonds is 2. The number of nitriles is 1. The molecule has 1 fully saturated rings. The molecule has 1 aliphatic carbocycles. The smallest absolute Gasteiger partial charge is 0.288 e. The molecule has 1 saturated carbocycles. The molecule has 1 aromatic heterocycles. The lowest BCUT2D eigenvalue weighted by Crippen LogP contribution is -2.48. The van der Waals surface area contributed by atoms with Gasteiger partial charge in [0.1, 0.15) is 5.54 Å². The molecule has 4 nitrogen and oxygen atoms in total. The molecule has 1 heterocycles. The van der Waals surface area contributed by atoms with Crippen LogP contribution in [0.1, 0.15) is 42.7 Å². The van der Waals surface area contributed by atoms with Crippen LogP contribution in [0.25, 0.3) is 0 Å². The van der Waals surface area contributed by atoms with Crippen molar-refractivity contribution >= 4 is 5.91 Å². The van der Waals surface area contributed by atoms with Crippen molar-refractivity contribution in [2.75, 3.05) is 0 Å². The van der Waals surface area contributed by atoms with Gasteiger partial charge in [-0.25, -0.2) is 0 Å². The van der Waals surface area contributed by atoms with Crippen LogP contribution in [0.3, 0.4) is 0 Å². The summed E-state index contributed by atoms with van der Waals surface area (Å²) in [5, 5.41) is 12.0. The second-order valence-electron chi connectivity index (χ2n) is 4.19. The predicted molar refractivity (Wildman–Crippen MR) is 57.6 cm³/mol. The zero-order valence-electron chi connectivity index (χ0n) is 9.03. The van der Waals surface area contributed by atoms with E-state index < -0.39 is 5.54 Å². The minimum Gasteiger partial charge on any atom is -0.459 e. The molecule has 2 rings (SSSR count). The van der Waals surface area contributed by atoms with Crippen molar-refractivity contribution in [3.63, 3.8) is 0 Å². The fraction of sp³-hybridized carbons (Fsp3) is 0.500. The van der Waals surface area contributed by atoms with Gasteiger partial charge < -0.3 is 9.73 Å². The highest BCUT2D eigenvalue weighted by Crippen LogP contribution is 2.27. The van der Waals surface area contributed by atoms with E-state index in [1.165, 1.54) is 6.26 Å². The monoisotopic (exact) mass is 218 g/mol. The first-order valence-corrected chi connectivity index (χ1v) is 5.53. The molecule has 0 aliphatic heterocycles. The quantitative estimate of drug-likeness (QED) is 0.827. The van der Waals surface area contributed by atoms with E-state index in [1.807, 2.05) is 0 Å². The number of carbonyl (C=O) groups is 1. The predicted octanol–water partition coefficient (Wildman–Crippen LogP) is 2.24. The summed E-state index contributed by atoms with van der Waals surface area (Å²) >= 11 is 0. The van der Waals surface area contributed by atoms with E-state index in [0.29, 0.717) is 0 Å². The minimum absolute atomic E-state index is 0.264. The molecule has 16 heavy (non-hydrogen) atoms. The van der Waals surface area contributed by atoms with E-state index in [2.05, 4.69) is 11.4 Å². The first-order valence-electron chi connectivity index (χ1n) is 5.53. The van der Waals surface area contributed by atoms with Crippen molar-refractivity contribution < 1.29 is 9.21 Å². The van der Waals surface area contributed by atoms with Crippen LogP contribution in [0, 0.1) is 11.3 Å². The first kappa shape index (κ1) is 10.7. The number of furan rings is 1. The Hall–Kier alpha value is -1.76. The molecule has 1 N–H and O–H groups in total. The Labute approximate surface area is 94.2 Å². The van der Waals surface area contributed by atoms with Crippen LogP contribution in [0.2, 0.25) is 0 Å². The first-order chi connectivity index (χ1) is 7.76. The van der Waals surface area contributed by atoms with Crippen molar-refractivity contribution in [3.8, 4) is 6.07 Å². The number of hydrogen-bond acceptors (Lipinski definition) is 3. The van der Waals surface area contributed by atoms with Gasteiger partial charge in [0.25, 0.3) is 5.91 Å². The molecule has 0 bridgehead atoms. The van der Waals surface area contributed by atoms with Crippen molar-refractivity contribution in [1.82, 2.24) is 5.32 Å². The summed E-state index contributed by atoms with van der Waals surface area (Å²) in [5.41, 5.74) is -0.692. The molecule has 4 heteroatoms. The summed E-state index contributed by atoms with van der Waals surface area (Å²) in [6.45, 7) is 0. The molecule has 1 aliphatic rings. The molecule has 84 valence electrons. The number of carbonyl (C=O) groups excluding carboxylic acids is 1. The molecule has 0 unspecified atom stereocenters. The maximum absolute atomic E-state index is 11.8. The van der Waals surface area contributed by atoms with Gasteiger partial charge in [0.05, 0.1) is 12.3 Å². The van der Waals surface area contributed by atoms with Gasteiger partial charge >= 0.3 is 0 Å². The van der Waals surface area contributed by atoms with Gasteiger partial charge in [0.2, 0.25) is 0 Å². The SMILES string of the molecule is N#CC1(NC(=O)c2ccco2)CCCCC1. The van der Waals surface area contributed by atoms with Crippen LogP contribution >= 0.6 is 0 Å². The van der Waals surface area contributed by atoms with Gasteiger partial charge in [0, 0.05) is 0 Å². The Morgan fingerprint density at radius 1 is 1.44 bits per heavy atom. The summed E-state index contributed by atoms with van der Waals surface area (Å²) in [6.07, 6.45) is 6.04. The van der Waals surface area contributed by atoms with Gasteiger partial charge in [-0.3, -0.25) is 4.79 Å². The van der Waals surface area contributed by atoms with Crippen LogP contribution in [-0.4, -0.2) is 11.4 Å². The lowest BCUT2D eigenvalue weighted by atomic mass is 9.83. The van der Waals surface area contributed by atoms with Gasteiger partial charge in [-0.15, -0.1) is 0 Å². The van der Waals surface area contributed by atoms with E-state index in [0.717, 1.165) is 32.1 Å². The zero-order valence-corrected chi connectivity index (χ0v) is 9.03. The van der Waals surface area contributed by atoms with E-state index in [4.69, 9.17) is 4.42 Å². The van der Waals surface area contributed by atoms with Gasteiger partial charge in [-0.2, -0.15) is 5.26 Å². The fourth-order valence-electron chi connectivity index (χ4n) is 2.11. The Kier molecular flexibility index (Phi) is 2.95. The lowest BCUT2D eigenvalue weighted by Gasteiger charge is -2.31.